The number of phenolic OH excluding ortho intramolecular Hbond substituents is 1. The van der Waals surface area contributed by atoms with E-state index in [1.807, 2.05) is 0 Å². The Balaban J connectivity index is 2.56. The minimum Gasteiger partial charge on any atom is -0.508 e. The smallest absolute Gasteiger partial charge is 0.123 e. The SMILES string of the molecule is Oc1cccc(OCCF)c1. The van der Waals surface area contributed by atoms with Gasteiger partial charge in [-0.15, -0.1) is 0 Å². The molecule has 0 aromatic heterocycles. The van der Waals surface area contributed by atoms with Crippen molar-refractivity contribution in [1.82, 2.24) is 0 Å². The normalized spacial score (nSPS) is 9.55. The molecule has 0 amide bonds. The Kier molecular flexibility index (Phi) is 2.72. The Morgan fingerprint density at radius 2 is 2.27 bits per heavy atom. The number of rotatable bonds is 3. The first-order valence-corrected chi connectivity index (χ1v) is 3.31. The van der Waals surface area contributed by atoms with Gasteiger partial charge in [-0.2, -0.15) is 0 Å². The Hall–Kier alpha value is -1.25. The van der Waals surface area contributed by atoms with Crippen molar-refractivity contribution in [2.24, 2.45) is 0 Å². The van der Waals surface area contributed by atoms with Gasteiger partial charge in [0.1, 0.15) is 24.8 Å². The third kappa shape index (κ3) is 2.45. The quantitative estimate of drug-likeness (QED) is 0.722. The number of hydrogen-bond acceptors (Lipinski definition) is 2. The van der Waals surface area contributed by atoms with E-state index in [0.717, 1.165) is 0 Å². The topological polar surface area (TPSA) is 29.5 Å². The lowest BCUT2D eigenvalue weighted by Crippen LogP contribution is -1.97. The zero-order chi connectivity index (χ0) is 8.10. The maximum Gasteiger partial charge on any atom is 0.123 e. The van der Waals surface area contributed by atoms with Crippen molar-refractivity contribution in [3.63, 3.8) is 0 Å². The summed E-state index contributed by atoms with van der Waals surface area (Å²) in [6.45, 7) is -0.487. The highest BCUT2D eigenvalue weighted by atomic mass is 19.1. The van der Waals surface area contributed by atoms with Crippen LogP contribution in [0.1, 0.15) is 0 Å². The van der Waals surface area contributed by atoms with E-state index in [-0.39, 0.29) is 12.4 Å². The molecule has 1 aromatic carbocycles. The van der Waals surface area contributed by atoms with Crippen LogP contribution in [0.5, 0.6) is 11.5 Å². The van der Waals surface area contributed by atoms with Gasteiger partial charge in [0, 0.05) is 6.07 Å². The minimum absolute atomic E-state index is 0.0312. The molecule has 0 saturated heterocycles. The highest BCUT2D eigenvalue weighted by Crippen LogP contribution is 2.17. The summed E-state index contributed by atoms with van der Waals surface area (Å²) < 4.78 is 16.5. The summed E-state index contributed by atoms with van der Waals surface area (Å²) in [6.07, 6.45) is 0. The molecular formula is C8H9FO2. The van der Waals surface area contributed by atoms with E-state index in [2.05, 4.69) is 0 Å². The van der Waals surface area contributed by atoms with E-state index >= 15 is 0 Å². The highest BCUT2D eigenvalue weighted by Gasteiger charge is 1.93. The van der Waals surface area contributed by atoms with E-state index in [4.69, 9.17) is 9.84 Å². The van der Waals surface area contributed by atoms with Crippen LogP contribution in [-0.2, 0) is 0 Å². The lowest BCUT2D eigenvalue weighted by atomic mass is 10.3. The van der Waals surface area contributed by atoms with Crippen LogP contribution in [0.25, 0.3) is 0 Å². The van der Waals surface area contributed by atoms with Crippen LogP contribution in [0.15, 0.2) is 24.3 Å². The van der Waals surface area contributed by atoms with E-state index < -0.39 is 6.67 Å². The average molecular weight is 156 g/mol. The summed E-state index contributed by atoms with van der Waals surface area (Å²) in [5, 5.41) is 8.94. The first-order valence-electron chi connectivity index (χ1n) is 3.31. The van der Waals surface area contributed by atoms with Crippen molar-refractivity contribution in [2.75, 3.05) is 13.3 Å². The van der Waals surface area contributed by atoms with Gasteiger partial charge in [-0.3, -0.25) is 0 Å². The van der Waals surface area contributed by atoms with E-state index in [1.165, 1.54) is 12.1 Å². The molecule has 3 heteroatoms. The number of hydrogen-bond donors (Lipinski definition) is 1. The van der Waals surface area contributed by atoms with Crippen molar-refractivity contribution in [3.05, 3.63) is 24.3 Å². The van der Waals surface area contributed by atoms with Gasteiger partial charge >= 0.3 is 0 Å². The van der Waals surface area contributed by atoms with Gasteiger partial charge in [0.05, 0.1) is 0 Å². The molecule has 0 saturated carbocycles. The zero-order valence-corrected chi connectivity index (χ0v) is 5.96. The molecule has 2 nitrogen and oxygen atoms in total. The number of alkyl halides is 1. The van der Waals surface area contributed by atoms with Gasteiger partial charge in [-0.1, -0.05) is 6.07 Å². The molecule has 0 atom stereocenters. The van der Waals surface area contributed by atoms with Crippen LogP contribution in [0.4, 0.5) is 4.39 Å². The molecule has 0 aliphatic heterocycles. The second kappa shape index (κ2) is 3.81. The molecule has 1 rings (SSSR count). The Morgan fingerprint density at radius 3 is 2.91 bits per heavy atom. The minimum atomic E-state index is -0.518. The second-order valence-electron chi connectivity index (χ2n) is 2.03. The van der Waals surface area contributed by atoms with Gasteiger partial charge in [-0.25, -0.2) is 4.39 Å². The van der Waals surface area contributed by atoms with Crippen molar-refractivity contribution in [1.29, 1.82) is 0 Å². The monoisotopic (exact) mass is 156 g/mol. The number of phenols is 1. The summed E-state index contributed by atoms with van der Waals surface area (Å²) in [5.41, 5.74) is 0. The summed E-state index contributed by atoms with van der Waals surface area (Å²) >= 11 is 0. The van der Waals surface area contributed by atoms with E-state index in [9.17, 15) is 4.39 Å². The first-order chi connectivity index (χ1) is 5.33. The van der Waals surface area contributed by atoms with E-state index in [1.54, 1.807) is 12.1 Å². The molecule has 0 aliphatic rings. The van der Waals surface area contributed by atoms with Crippen LogP contribution in [0.3, 0.4) is 0 Å². The van der Waals surface area contributed by atoms with Crippen LogP contribution >= 0.6 is 0 Å². The molecule has 0 radical (unpaired) electrons. The van der Waals surface area contributed by atoms with Crippen LogP contribution in [0, 0.1) is 0 Å². The largest absolute Gasteiger partial charge is 0.508 e. The number of ether oxygens (including phenoxy) is 1. The maximum atomic E-state index is 11.6. The molecular weight excluding hydrogens is 147 g/mol. The molecule has 1 aromatic rings. The molecule has 0 unspecified atom stereocenters. The second-order valence-corrected chi connectivity index (χ2v) is 2.03. The molecule has 60 valence electrons. The predicted molar refractivity (Wildman–Crippen MR) is 39.6 cm³/mol. The third-order valence-corrected chi connectivity index (χ3v) is 1.16. The average Bonchev–Trinajstić information content (AvgIpc) is 2.01. The lowest BCUT2D eigenvalue weighted by Gasteiger charge is -2.02. The lowest BCUT2D eigenvalue weighted by molar-refractivity contribution is 0.272. The van der Waals surface area contributed by atoms with Gasteiger partial charge in [-0.05, 0) is 12.1 Å². The van der Waals surface area contributed by atoms with Gasteiger partial charge in [0.15, 0.2) is 0 Å². The van der Waals surface area contributed by atoms with Crippen molar-refractivity contribution in [3.8, 4) is 11.5 Å². The van der Waals surface area contributed by atoms with Crippen molar-refractivity contribution >= 4 is 0 Å². The molecule has 0 fully saturated rings. The fraction of sp³-hybridized carbons (Fsp3) is 0.250. The van der Waals surface area contributed by atoms with Crippen molar-refractivity contribution < 1.29 is 14.2 Å². The standard InChI is InChI=1S/C8H9FO2/c9-4-5-11-8-3-1-2-7(10)6-8/h1-3,6,10H,4-5H2. The third-order valence-electron chi connectivity index (χ3n) is 1.16. The molecule has 0 heterocycles. The molecule has 0 spiro atoms. The Labute approximate surface area is 64.2 Å². The highest BCUT2D eigenvalue weighted by molar-refractivity contribution is 5.31. The number of aromatic hydroxyl groups is 1. The fourth-order valence-corrected chi connectivity index (χ4v) is 0.730. The summed E-state index contributed by atoms with van der Waals surface area (Å²) in [6, 6.07) is 6.27. The van der Waals surface area contributed by atoms with E-state index in [0.29, 0.717) is 5.75 Å². The summed E-state index contributed by atoms with van der Waals surface area (Å²) in [7, 11) is 0. The van der Waals surface area contributed by atoms with Crippen LogP contribution < -0.4 is 4.74 Å². The first kappa shape index (κ1) is 7.85. The number of benzene rings is 1. The Bertz CT molecular complexity index is 225. The fourth-order valence-electron chi connectivity index (χ4n) is 0.730. The zero-order valence-electron chi connectivity index (χ0n) is 5.96. The van der Waals surface area contributed by atoms with Crippen LogP contribution in [0.2, 0.25) is 0 Å². The molecule has 11 heavy (non-hydrogen) atoms. The van der Waals surface area contributed by atoms with Gasteiger partial charge in [0.2, 0.25) is 0 Å². The predicted octanol–water partition coefficient (Wildman–Crippen LogP) is 1.74. The van der Waals surface area contributed by atoms with Crippen LogP contribution in [-0.4, -0.2) is 18.4 Å². The Morgan fingerprint density at radius 1 is 1.45 bits per heavy atom. The van der Waals surface area contributed by atoms with Gasteiger partial charge in [0.25, 0.3) is 0 Å². The van der Waals surface area contributed by atoms with Crippen molar-refractivity contribution in [2.45, 2.75) is 0 Å². The summed E-state index contributed by atoms with van der Waals surface area (Å²) in [4.78, 5) is 0. The summed E-state index contributed by atoms with van der Waals surface area (Å²) in [5.74, 6) is 0.615. The molecule has 1 N–H and O–H groups in total. The molecule has 0 bridgehead atoms. The number of halogens is 1. The molecule has 0 aliphatic carbocycles. The maximum absolute atomic E-state index is 11.6. The van der Waals surface area contributed by atoms with Gasteiger partial charge < -0.3 is 9.84 Å².